The minimum absolute atomic E-state index is 0.161. The van der Waals surface area contributed by atoms with E-state index in [9.17, 15) is 9.59 Å². The third-order valence-electron chi connectivity index (χ3n) is 4.94. The van der Waals surface area contributed by atoms with Crippen LogP contribution in [-0.4, -0.2) is 17.1 Å². The molecule has 0 bridgehead atoms. The van der Waals surface area contributed by atoms with E-state index in [4.69, 9.17) is 4.74 Å². The summed E-state index contributed by atoms with van der Waals surface area (Å²) in [6.45, 7) is 6.10. The molecule has 0 radical (unpaired) electrons. The molecule has 0 amide bonds. The molecule has 0 aliphatic carbocycles. The smallest absolute Gasteiger partial charge is 0.338 e. The predicted molar refractivity (Wildman–Crippen MR) is 130 cm³/mol. The summed E-state index contributed by atoms with van der Waals surface area (Å²) in [5.41, 5.74) is 1.90. The van der Waals surface area contributed by atoms with E-state index in [1.807, 2.05) is 73.8 Å². The number of fused-ring (bicyclic) bond motifs is 1. The summed E-state index contributed by atoms with van der Waals surface area (Å²) in [6, 6.07) is 13.2. The molecule has 3 heterocycles. The number of rotatable bonds is 6. The van der Waals surface area contributed by atoms with Crippen LogP contribution in [0.3, 0.4) is 0 Å². The average Bonchev–Trinajstić information content (AvgIpc) is 3.41. The van der Waals surface area contributed by atoms with E-state index in [2.05, 4.69) is 4.99 Å². The number of nitrogens with zero attached hydrogens (tertiary/aromatic N) is 2. The summed E-state index contributed by atoms with van der Waals surface area (Å²) in [7, 11) is 0. The fourth-order valence-electron chi connectivity index (χ4n) is 3.44. The number of benzene rings is 1. The lowest BCUT2D eigenvalue weighted by Gasteiger charge is -2.23. The zero-order chi connectivity index (χ0) is 22.7. The third-order valence-corrected chi connectivity index (χ3v) is 6.86. The molecule has 32 heavy (non-hydrogen) atoms. The second kappa shape index (κ2) is 9.63. The molecule has 4 rings (SSSR count). The Hall–Kier alpha value is -3.03. The fraction of sp³-hybridized carbons (Fsp3) is 0.240. The Morgan fingerprint density at radius 3 is 2.69 bits per heavy atom. The summed E-state index contributed by atoms with van der Waals surface area (Å²) in [6.07, 6.45) is 5.63. The Bertz CT molecular complexity index is 1340. The fourth-order valence-corrected chi connectivity index (χ4v) is 5.27. The van der Waals surface area contributed by atoms with E-state index in [1.165, 1.54) is 22.7 Å². The zero-order valence-corrected chi connectivity index (χ0v) is 19.8. The minimum Gasteiger partial charge on any atom is -0.462 e. The number of esters is 1. The quantitative estimate of drug-likeness (QED) is 0.515. The van der Waals surface area contributed by atoms with Crippen LogP contribution >= 0.6 is 22.7 Å². The summed E-state index contributed by atoms with van der Waals surface area (Å²) >= 11 is 2.84. The first-order valence-corrected chi connectivity index (χ1v) is 12.1. The monoisotopic (exact) mass is 464 g/mol. The van der Waals surface area contributed by atoms with Crippen LogP contribution in [0.1, 0.15) is 37.3 Å². The predicted octanol–water partition coefficient (Wildman–Crippen LogP) is 4.16. The van der Waals surface area contributed by atoms with Gasteiger partial charge in [0.15, 0.2) is 4.80 Å². The summed E-state index contributed by atoms with van der Waals surface area (Å²) in [4.78, 5) is 32.5. The van der Waals surface area contributed by atoms with E-state index < -0.39 is 12.0 Å². The van der Waals surface area contributed by atoms with Crippen molar-refractivity contribution >= 4 is 40.8 Å². The van der Waals surface area contributed by atoms with Gasteiger partial charge in [0.25, 0.3) is 5.56 Å². The number of hydrogen-bond acceptors (Lipinski definition) is 6. The highest BCUT2D eigenvalue weighted by atomic mass is 32.1. The molecule has 0 saturated carbocycles. The lowest BCUT2D eigenvalue weighted by atomic mass is 10.0. The van der Waals surface area contributed by atoms with Crippen LogP contribution in [0.2, 0.25) is 0 Å². The van der Waals surface area contributed by atoms with Crippen LogP contribution in [0.15, 0.2) is 75.0 Å². The van der Waals surface area contributed by atoms with Gasteiger partial charge in [-0.25, -0.2) is 9.79 Å². The van der Waals surface area contributed by atoms with Gasteiger partial charge >= 0.3 is 5.97 Å². The van der Waals surface area contributed by atoms with Crippen molar-refractivity contribution < 1.29 is 9.53 Å². The number of carbonyl (C=O) groups is 1. The number of thiazole rings is 1. The molecule has 7 heteroatoms. The van der Waals surface area contributed by atoms with Crippen molar-refractivity contribution in [1.29, 1.82) is 0 Å². The molecule has 1 aliphatic heterocycles. The minimum atomic E-state index is -0.536. The van der Waals surface area contributed by atoms with Gasteiger partial charge in [0.1, 0.15) is 6.04 Å². The van der Waals surface area contributed by atoms with Gasteiger partial charge in [0.2, 0.25) is 0 Å². The van der Waals surface area contributed by atoms with Gasteiger partial charge in [-0.05, 0) is 35.9 Å². The average molecular weight is 465 g/mol. The molecule has 1 aromatic carbocycles. The molecule has 1 aliphatic rings. The normalized spacial score (nSPS) is 16.5. The first-order valence-electron chi connectivity index (χ1n) is 10.4. The lowest BCUT2D eigenvalue weighted by molar-refractivity contribution is -0.140. The van der Waals surface area contributed by atoms with Gasteiger partial charge in [-0.15, -0.1) is 11.3 Å². The molecule has 0 N–H and O–H groups in total. The van der Waals surface area contributed by atoms with Gasteiger partial charge in [-0.3, -0.25) is 9.36 Å². The number of ether oxygens (including phenoxy) is 1. The van der Waals surface area contributed by atoms with Crippen LogP contribution in [0.25, 0.3) is 12.2 Å². The summed E-state index contributed by atoms with van der Waals surface area (Å²) in [5.74, 6) is -0.200. The van der Waals surface area contributed by atoms with Crippen molar-refractivity contribution in [3.63, 3.8) is 0 Å². The van der Waals surface area contributed by atoms with Crippen LogP contribution in [-0.2, 0) is 9.53 Å². The molecule has 0 fully saturated rings. The Morgan fingerprint density at radius 2 is 2.00 bits per heavy atom. The molecular weight excluding hydrogens is 440 g/mol. The van der Waals surface area contributed by atoms with E-state index >= 15 is 0 Å². The number of allylic oxidation sites excluding steroid dienone is 2. The highest BCUT2D eigenvalue weighted by molar-refractivity contribution is 7.10. The maximum Gasteiger partial charge on any atom is 0.338 e. The number of aromatic nitrogens is 1. The highest BCUT2D eigenvalue weighted by Gasteiger charge is 2.34. The first-order chi connectivity index (χ1) is 15.5. The van der Waals surface area contributed by atoms with Crippen molar-refractivity contribution in [3.05, 3.63) is 95.3 Å². The van der Waals surface area contributed by atoms with E-state index in [1.54, 1.807) is 17.6 Å². The summed E-state index contributed by atoms with van der Waals surface area (Å²) in [5, 5.41) is 1.94. The van der Waals surface area contributed by atoms with E-state index in [-0.39, 0.29) is 11.5 Å². The molecule has 1 unspecified atom stereocenters. The molecule has 1 atom stereocenters. The Morgan fingerprint density at radius 1 is 1.22 bits per heavy atom. The molecular formula is C25H24N2O3S2. The number of carbonyl (C=O) groups excluding carboxylic acids is 1. The second-order valence-corrected chi connectivity index (χ2v) is 9.87. The van der Waals surface area contributed by atoms with Crippen LogP contribution in [0, 0.1) is 5.92 Å². The van der Waals surface area contributed by atoms with Gasteiger partial charge < -0.3 is 4.74 Å². The Labute approximate surface area is 194 Å². The highest BCUT2D eigenvalue weighted by Crippen LogP contribution is 2.33. The van der Waals surface area contributed by atoms with Crippen molar-refractivity contribution in [2.75, 3.05) is 6.61 Å². The molecule has 5 nitrogen and oxygen atoms in total. The van der Waals surface area contributed by atoms with E-state index in [0.29, 0.717) is 27.2 Å². The maximum atomic E-state index is 13.4. The third kappa shape index (κ3) is 4.59. The molecule has 2 aromatic heterocycles. The first kappa shape index (κ1) is 22.2. The van der Waals surface area contributed by atoms with Crippen molar-refractivity contribution in [2.45, 2.75) is 26.8 Å². The van der Waals surface area contributed by atoms with Crippen molar-refractivity contribution in [2.24, 2.45) is 10.9 Å². The van der Waals surface area contributed by atoms with Gasteiger partial charge in [-0.2, -0.15) is 0 Å². The van der Waals surface area contributed by atoms with Crippen molar-refractivity contribution in [3.8, 4) is 0 Å². The molecule has 3 aromatic rings. The van der Waals surface area contributed by atoms with Crippen LogP contribution in [0.5, 0.6) is 0 Å². The molecule has 164 valence electrons. The number of hydrogen-bond donors (Lipinski definition) is 0. The lowest BCUT2D eigenvalue weighted by Crippen LogP contribution is -2.39. The van der Waals surface area contributed by atoms with Crippen LogP contribution in [0.4, 0.5) is 0 Å². The van der Waals surface area contributed by atoms with Crippen molar-refractivity contribution in [1.82, 2.24) is 4.57 Å². The SMILES string of the molecule is CC1=C(C(=O)OCC(C)C)C(c2cccs2)n2c(sc(=CC=Cc3ccccc3)c2=O)=N1. The topological polar surface area (TPSA) is 60.7 Å². The summed E-state index contributed by atoms with van der Waals surface area (Å²) < 4.78 is 7.73. The van der Waals surface area contributed by atoms with Gasteiger partial charge in [-0.1, -0.05) is 73.7 Å². The Kier molecular flexibility index (Phi) is 6.67. The maximum absolute atomic E-state index is 13.4. The number of thiophene rings is 1. The zero-order valence-electron chi connectivity index (χ0n) is 18.1. The van der Waals surface area contributed by atoms with E-state index in [0.717, 1.165) is 10.4 Å². The van der Waals surface area contributed by atoms with Gasteiger partial charge in [0, 0.05) is 4.88 Å². The molecule has 0 spiro atoms. The second-order valence-electron chi connectivity index (χ2n) is 7.88. The van der Waals surface area contributed by atoms with Gasteiger partial charge in [0.05, 0.1) is 22.4 Å². The van der Waals surface area contributed by atoms with Crippen LogP contribution < -0.4 is 14.9 Å². The standard InChI is InChI=1S/C25H24N2O3S2/c1-16(2)15-30-24(29)21-17(3)26-25-27(22(21)19-13-8-14-31-19)23(28)20(32-25)12-7-11-18-9-5-4-6-10-18/h4-14,16,22H,15H2,1-3H3. The largest absolute Gasteiger partial charge is 0.462 e. The molecule has 0 saturated heterocycles. The Balaban J connectivity index is 1.78.